The third-order valence-corrected chi connectivity index (χ3v) is 2.37. The van der Waals surface area contributed by atoms with Crippen molar-refractivity contribution in [2.24, 2.45) is 0 Å². The third-order valence-electron chi connectivity index (χ3n) is 2.37. The zero-order valence-electron chi connectivity index (χ0n) is 10.6. The Morgan fingerprint density at radius 2 is 2.17 bits per heavy atom. The number of nitrogens with one attached hydrogen (secondary N) is 1. The molecule has 6 nitrogen and oxygen atoms in total. The summed E-state index contributed by atoms with van der Waals surface area (Å²) in [6.07, 6.45) is 6.82. The van der Waals surface area contributed by atoms with E-state index < -0.39 is 0 Å². The van der Waals surface area contributed by atoms with Gasteiger partial charge < -0.3 is 10.1 Å². The van der Waals surface area contributed by atoms with Gasteiger partial charge in [-0.15, -0.1) is 0 Å². The zero-order valence-corrected chi connectivity index (χ0v) is 10.6. The Hall–Kier alpha value is -1.95. The van der Waals surface area contributed by atoms with E-state index in [4.69, 9.17) is 4.74 Å². The molecule has 6 heteroatoms. The number of aromatic nitrogens is 4. The molecule has 1 N–H and O–H groups in total. The van der Waals surface area contributed by atoms with Crippen LogP contribution in [-0.4, -0.2) is 26.3 Å². The van der Waals surface area contributed by atoms with E-state index in [-0.39, 0.29) is 0 Å². The van der Waals surface area contributed by atoms with Crippen LogP contribution >= 0.6 is 0 Å². The van der Waals surface area contributed by atoms with E-state index in [1.807, 2.05) is 20.0 Å². The second-order valence-electron chi connectivity index (χ2n) is 3.76. The van der Waals surface area contributed by atoms with E-state index in [0.29, 0.717) is 18.2 Å². The van der Waals surface area contributed by atoms with Crippen molar-refractivity contribution < 1.29 is 4.74 Å². The van der Waals surface area contributed by atoms with E-state index >= 15 is 0 Å². The lowest BCUT2D eigenvalue weighted by molar-refractivity contribution is 0.455. The molecule has 2 aromatic rings. The van der Waals surface area contributed by atoms with Gasteiger partial charge >= 0.3 is 0 Å². The van der Waals surface area contributed by atoms with Gasteiger partial charge in [0.05, 0.1) is 24.3 Å². The minimum atomic E-state index is 0.487. The van der Waals surface area contributed by atoms with Crippen LogP contribution in [0.4, 0.5) is 0 Å². The highest BCUT2D eigenvalue weighted by molar-refractivity contribution is 5.20. The topological polar surface area (TPSA) is 64.9 Å². The fourth-order valence-corrected chi connectivity index (χ4v) is 1.46. The molecule has 0 aliphatic rings. The minimum absolute atomic E-state index is 0.487. The van der Waals surface area contributed by atoms with E-state index in [2.05, 4.69) is 20.4 Å². The van der Waals surface area contributed by atoms with Crippen molar-refractivity contribution in [3.05, 3.63) is 30.5 Å². The predicted octanol–water partition coefficient (Wildman–Crippen LogP) is 1.59. The van der Waals surface area contributed by atoms with Crippen LogP contribution in [0.5, 0.6) is 11.6 Å². The van der Waals surface area contributed by atoms with Gasteiger partial charge in [0, 0.05) is 19.3 Å². The Morgan fingerprint density at radius 3 is 2.89 bits per heavy atom. The number of aryl methyl sites for hydroxylation is 1. The molecule has 0 spiro atoms. The average Bonchev–Trinajstić information content (AvgIpc) is 2.84. The van der Waals surface area contributed by atoms with Crippen LogP contribution < -0.4 is 10.1 Å². The molecule has 2 aromatic heterocycles. The highest BCUT2D eigenvalue weighted by Crippen LogP contribution is 2.17. The molecule has 2 rings (SSSR count). The molecule has 0 aliphatic heterocycles. The van der Waals surface area contributed by atoms with Crippen LogP contribution in [-0.2, 0) is 13.1 Å². The molecule has 96 valence electrons. The Kier molecular flexibility index (Phi) is 4.25. The van der Waals surface area contributed by atoms with Gasteiger partial charge in [0.1, 0.15) is 0 Å². The monoisotopic (exact) mass is 247 g/mol. The van der Waals surface area contributed by atoms with Crippen molar-refractivity contribution in [3.8, 4) is 11.6 Å². The first kappa shape index (κ1) is 12.5. The van der Waals surface area contributed by atoms with Crippen molar-refractivity contribution >= 4 is 0 Å². The van der Waals surface area contributed by atoms with Crippen LogP contribution in [0.15, 0.2) is 24.8 Å². The molecule has 0 bridgehead atoms. The van der Waals surface area contributed by atoms with Crippen molar-refractivity contribution in [2.75, 3.05) is 6.54 Å². The Morgan fingerprint density at radius 1 is 1.28 bits per heavy atom. The van der Waals surface area contributed by atoms with Crippen molar-refractivity contribution in [1.82, 2.24) is 25.1 Å². The number of rotatable bonds is 6. The second kappa shape index (κ2) is 6.11. The minimum Gasteiger partial charge on any atom is -0.434 e. The number of ether oxygens (including phenoxy) is 1. The highest BCUT2D eigenvalue weighted by atomic mass is 16.5. The summed E-state index contributed by atoms with van der Waals surface area (Å²) < 4.78 is 7.39. The maximum absolute atomic E-state index is 5.60. The summed E-state index contributed by atoms with van der Waals surface area (Å²) in [5.41, 5.74) is 0.859. The molecule has 0 saturated carbocycles. The zero-order chi connectivity index (χ0) is 12.8. The average molecular weight is 247 g/mol. The molecule has 0 atom stereocenters. The SMILES string of the molecule is CCNCc1cncc(Oc2cnn(CC)c2)n1. The summed E-state index contributed by atoms with van der Waals surface area (Å²) in [4.78, 5) is 8.46. The number of nitrogens with zero attached hydrogens (tertiary/aromatic N) is 4. The summed E-state index contributed by atoms with van der Waals surface area (Å²) in [5, 5.41) is 7.33. The summed E-state index contributed by atoms with van der Waals surface area (Å²) >= 11 is 0. The highest BCUT2D eigenvalue weighted by Gasteiger charge is 2.03. The maximum atomic E-state index is 5.60. The molecule has 18 heavy (non-hydrogen) atoms. The predicted molar refractivity (Wildman–Crippen MR) is 67.4 cm³/mol. The normalized spacial score (nSPS) is 10.6. The van der Waals surface area contributed by atoms with Crippen molar-refractivity contribution in [1.29, 1.82) is 0 Å². The van der Waals surface area contributed by atoms with Crippen LogP contribution in [0.1, 0.15) is 19.5 Å². The smallest absolute Gasteiger partial charge is 0.238 e. The fraction of sp³-hybridized carbons (Fsp3) is 0.417. The Bertz CT molecular complexity index is 497. The molecule has 0 fully saturated rings. The molecule has 0 unspecified atom stereocenters. The summed E-state index contributed by atoms with van der Waals surface area (Å²) in [5.74, 6) is 1.16. The van der Waals surface area contributed by atoms with Gasteiger partial charge in [0.25, 0.3) is 0 Å². The second-order valence-corrected chi connectivity index (χ2v) is 3.76. The van der Waals surface area contributed by atoms with Gasteiger partial charge in [-0.1, -0.05) is 6.92 Å². The maximum Gasteiger partial charge on any atom is 0.238 e. The first-order valence-corrected chi connectivity index (χ1v) is 6.03. The van der Waals surface area contributed by atoms with E-state index in [1.54, 1.807) is 23.3 Å². The number of hydrogen-bond donors (Lipinski definition) is 1. The third kappa shape index (κ3) is 3.27. The van der Waals surface area contributed by atoms with Crippen LogP contribution in [0.2, 0.25) is 0 Å². The lowest BCUT2D eigenvalue weighted by Gasteiger charge is -2.04. The largest absolute Gasteiger partial charge is 0.434 e. The standard InChI is InChI=1S/C12H17N5O/c1-3-13-5-10-6-14-8-12(16-10)18-11-7-15-17(4-2)9-11/h6-9,13H,3-5H2,1-2H3. The molecule has 0 aromatic carbocycles. The first-order chi connectivity index (χ1) is 8.81. The molecule has 0 aliphatic carbocycles. The Labute approximate surface area is 106 Å². The van der Waals surface area contributed by atoms with Gasteiger partial charge in [-0.05, 0) is 13.5 Å². The van der Waals surface area contributed by atoms with E-state index in [9.17, 15) is 0 Å². The quantitative estimate of drug-likeness (QED) is 0.839. The van der Waals surface area contributed by atoms with Gasteiger partial charge in [-0.25, -0.2) is 4.98 Å². The molecule has 2 heterocycles. The van der Waals surface area contributed by atoms with Crippen molar-refractivity contribution in [2.45, 2.75) is 26.9 Å². The lowest BCUT2D eigenvalue weighted by atomic mass is 10.4. The Balaban J connectivity index is 2.04. The van der Waals surface area contributed by atoms with Crippen LogP contribution in [0.3, 0.4) is 0 Å². The van der Waals surface area contributed by atoms with Crippen LogP contribution in [0.25, 0.3) is 0 Å². The molecule has 0 saturated heterocycles. The van der Waals surface area contributed by atoms with Crippen LogP contribution in [0, 0.1) is 0 Å². The van der Waals surface area contributed by atoms with Gasteiger partial charge in [0.2, 0.25) is 5.88 Å². The summed E-state index contributed by atoms with van der Waals surface area (Å²) in [6.45, 7) is 6.47. The first-order valence-electron chi connectivity index (χ1n) is 6.03. The fourth-order valence-electron chi connectivity index (χ4n) is 1.46. The molecular weight excluding hydrogens is 230 g/mol. The van der Waals surface area contributed by atoms with Gasteiger partial charge in [0.15, 0.2) is 5.75 Å². The molecule has 0 amide bonds. The lowest BCUT2D eigenvalue weighted by Crippen LogP contribution is -2.13. The van der Waals surface area contributed by atoms with Crippen molar-refractivity contribution in [3.63, 3.8) is 0 Å². The van der Waals surface area contributed by atoms with E-state index in [1.165, 1.54) is 0 Å². The molecular formula is C12H17N5O. The van der Waals surface area contributed by atoms with Gasteiger partial charge in [-0.2, -0.15) is 5.10 Å². The summed E-state index contributed by atoms with van der Waals surface area (Å²) in [6, 6.07) is 0. The van der Waals surface area contributed by atoms with Gasteiger partial charge in [-0.3, -0.25) is 9.67 Å². The molecule has 0 radical (unpaired) electrons. The van der Waals surface area contributed by atoms with E-state index in [0.717, 1.165) is 18.8 Å². The summed E-state index contributed by atoms with van der Waals surface area (Å²) in [7, 11) is 0. The number of hydrogen-bond acceptors (Lipinski definition) is 5.